The fourth-order valence-corrected chi connectivity index (χ4v) is 2.10. The maximum atomic E-state index is 5.79. The van der Waals surface area contributed by atoms with Crippen molar-refractivity contribution >= 4 is 11.0 Å². The van der Waals surface area contributed by atoms with Gasteiger partial charge in [-0.05, 0) is 31.2 Å². The molecule has 102 valence electrons. The van der Waals surface area contributed by atoms with Crippen molar-refractivity contribution < 1.29 is 4.42 Å². The van der Waals surface area contributed by atoms with Crippen molar-refractivity contribution in [3.63, 3.8) is 0 Å². The fourth-order valence-electron chi connectivity index (χ4n) is 2.10. The van der Waals surface area contributed by atoms with Gasteiger partial charge in [0, 0.05) is 18.1 Å². The monoisotopic (exact) mass is 267 g/mol. The second-order valence-electron chi connectivity index (χ2n) is 4.70. The number of fused-ring (bicyclic) bond motifs is 1. The van der Waals surface area contributed by atoms with E-state index in [9.17, 15) is 0 Å². The highest BCUT2D eigenvalue weighted by Gasteiger charge is 2.09. The lowest BCUT2D eigenvalue weighted by Gasteiger charge is -2.03. The number of aromatic nitrogens is 2. The van der Waals surface area contributed by atoms with Crippen LogP contribution in [0.4, 0.5) is 0 Å². The normalized spacial score (nSPS) is 11.1. The Morgan fingerprint density at radius 3 is 2.95 bits per heavy atom. The lowest BCUT2D eigenvalue weighted by molar-refractivity contribution is 0.621. The third-order valence-electron chi connectivity index (χ3n) is 3.09. The van der Waals surface area contributed by atoms with Gasteiger partial charge >= 0.3 is 0 Å². The molecule has 2 aromatic heterocycles. The van der Waals surface area contributed by atoms with Crippen molar-refractivity contribution in [2.75, 3.05) is 6.54 Å². The number of nitrogens with zero attached hydrogens (tertiary/aromatic N) is 2. The summed E-state index contributed by atoms with van der Waals surface area (Å²) in [6.45, 7) is 3.89. The minimum atomic E-state index is 0.636. The average molecular weight is 267 g/mol. The molecule has 1 N–H and O–H groups in total. The summed E-state index contributed by atoms with van der Waals surface area (Å²) >= 11 is 0. The second-order valence-corrected chi connectivity index (χ2v) is 4.70. The number of para-hydroxylation sites is 1. The second kappa shape index (κ2) is 5.84. The molecule has 3 aromatic rings. The Hall–Kier alpha value is -2.20. The van der Waals surface area contributed by atoms with Crippen LogP contribution >= 0.6 is 0 Å². The smallest absolute Gasteiger partial charge is 0.195 e. The molecule has 0 saturated carbocycles. The molecule has 0 spiro atoms. The van der Waals surface area contributed by atoms with Gasteiger partial charge < -0.3 is 9.73 Å². The molecule has 0 aliphatic rings. The first kappa shape index (κ1) is 12.8. The Kier molecular flexibility index (Phi) is 3.74. The fraction of sp³-hybridized carbons (Fsp3) is 0.250. The van der Waals surface area contributed by atoms with E-state index in [1.165, 1.54) is 0 Å². The van der Waals surface area contributed by atoms with Crippen molar-refractivity contribution in [3.05, 3.63) is 48.3 Å². The first-order valence-electron chi connectivity index (χ1n) is 6.88. The number of nitrogens with one attached hydrogen (secondary N) is 1. The van der Waals surface area contributed by atoms with Gasteiger partial charge in [-0.3, -0.25) is 0 Å². The highest BCUT2D eigenvalue weighted by Crippen LogP contribution is 2.25. The van der Waals surface area contributed by atoms with E-state index in [2.05, 4.69) is 22.2 Å². The van der Waals surface area contributed by atoms with Crippen molar-refractivity contribution in [1.29, 1.82) is 0 Å². The van der Waals surface area contributed by atoms with Gasteiger partial charge in [0.05, 0.1) is 5.69 Å². The lowest BCUT2D eigenvalue weighted by atomic mass is 10.2. The molecular formula is C16H17N3O. The van der Waals surface area contributed by atoms with Crippen molar-refractivity contribution in [2.45, 2.75) is 19.9 Å². The van der Waals surface area contributed by atoms with Gasteiger partial charge in [0.1, 0.15) is 5.58 Å². The predicted molar refractivity (Wildman–Crippen MR) is 79.2 cm³/mol. The third kappa shape index (κ3) is 2.70. The van der Waals surface area contributed by atoms with E-state index in [0.29, 0.717) is 11.6 Å². The zero-order valence-electron chi connectivity index (χ0n) is 11.5. The molecule has 0 bridgehead atoms. The van der Waals surface area contributed by atoms with Crippen LogP contribution in [-0.2, 0) is 6.54 Å². The van der Waals surface area contributed by atoms with Crippen LogP contribution in [0.2, 0.25) is 0 Å². The van der Waals surface area contributed by atoms with E-state index in [1.54, 1.807) is 6.20 Å². The largest absolute Gasteiger partial charge is 0.453 e. The average Bonchev–Trinajstić information content (AvgIpc) is 2.92. The maximum Gasteiger partial charge on any atom is 0.195 e. The summed E-state index contributed by atoms with van der Waals surface area (Å²) in [6, 6.07) is 11.8. The molecule has 3 rings (SSSR count). The van der Waals surface area contributed by atoms with E-state index in [4.69, 9.17) is 4.42 Å². The molecule has 0 aliphatic heterocycles. The Morgan fingerprint density at radius 1 is 1.20 bits per heavy atom. The van der Waals surface area contributed by atoms with Gasteiger partial charge in [0.2, 0.25) is 0 Å². The van der Waals surface area contributed by atoms with Gasteiger partial charge in [-0.1, -0.05) is 25.1 Å². The Balaban J connectivity index is 1.87. The topological polar surface area (TPSA) is 51.0 Å². The summed E-state index contributed by atoms with van der Waals surface area (Å²) in [4.78, 5) is 8.84. The maximum absolute atomic E-state index is 5.79. The van der Waals surface area contributed by atoms with Crippen LogP contribution in [0.1, 0.15) is 19.0 Å². The number of hydrogen-bond donors (Lipinski definition) is 1. The van der Waals surface area contributed by atoms with Crippen LogP contribution in [0, 0.1) is 0 Å². The number of rotatable bonds is 5. The summed E-state index contributed by atoms with van der Waals surface area (Å²) in [6.07, 6.45) is 2.89. The first-order valence-corrected chi connectivity index (χ1v) is 6.88. The highest BCUT2D eigenvalue weighted by molar-refractivity contribution is 5.81. The summed E-state index contributed by atoms with van der Waals surface area (Å²) < 4.78 is 5.79. The molecule has 4 heteroatoms. The molecule has 1 aromatic carbocycles. The minimum Gasteiger partial charge on any atom is -0.453 e. The van der Waals surface area contributed by atoms with E-state index < -0.39 is 0 Å². The molecule has 0 amide bonds. The molecule has 0 atom stereocenters. The van der Waals surface area contributed by atoms with Crippen molar-refractivity contribution in [3.8, 4) is 11.6 Å². The minimum absolute atomic E-state index is 0.636. The van der Waals surface area contributed by atoms with Gasteiger partial charge in [0.15, 0.2) is 11.6 Å². The number of furan rings is 1. The van der Waals surface area contributed by atoms with E-state index in [0.717, 1.165) is 36.2 Å². The van der Waals surface area contributed by atoms with E-state index in [-0.39, 0.29) is 0 Å². The summed E-state index contributed by atoms with van der Waals surface area (Å²) in [5.74, 6) is 1.35. The lowest BCUT2D eigenvalue weighted by Crippen LogP contribution is -2.15. The molecular weight excluding hydrogens is 250 g/mol. The Morgan fingerprint density at radius 2 is 2.10 bits per heavy atom. The first-order chi connectivity index (χ1) is 9.86. The van der Waals surface area contributed by atoms with Gasteiger partial charge in [-0.2, -0.15) is 0 Å². The molecule has 4 nitrogen and oxygen atoms in total. The molecule has 0 unspecified atom stereocenters. The SMILES string of the molecule is CCCNCc1ccnc(-c2cc3ccccc3o2)n1. The third-order valence-corrected chi connectivity index (χ3v) is 3.09. The van der Waals surface area contributed by atoms with Crippen molar-refractivity contribution in [1.82, 2.24) is 15.3 Å². The van der Waals surface area contributed by atoms with Gasteiger partial charge in [-0.15, -0.1) is 0 Å². The molecule has 20 heavy (non-hydrogen) atoms. The zero-order valence-corrected chi connectivity index (χ0v) is 11.5. The van der Waals surface area contributed by atoms with Crippen LogP contribution in [0.5, 0.6) is 0 Å². The van der Waals surface area contributed by atoms with Gasteiger partial charge in [-0.25, -0.2) is 9.97 Å². The highest BCUT2D eigenvalue weighted by atomic mass is 16.3. The molecule has 0 radical (unpaired) electrons. The number of benzene rings is 1. The number of hydrogen-bond acceptors (Lipinski definition) is 4. The van der Waals surface area contributed by atoms with Crippen LogP contribution in [0.25, 0.3) is 22.6 Å². The van der Waals surface area contributed by atoms with Crippen LogP contribution in [0.15, 0.2) is 47.0 Å². The standard InChI is InChI=1S/C16H17N3O/c1-2-8-17-11-13-7-9-18-16(19-13)15-10-12-5-3-4-6-14(12)20-15/h3-7,9-10,17H,2,8,11H2,1H3. The van der Waals surface area contributed by atoms with Gasteiger partial charge in [0.25, 0.3) is 0 Å². The van der Waals surface area contributed by atoms with Crippen LogP contribution < -0.4 is 5.32 Å². The molecule has 2 heterocycles. The summed E-state index contributed by atoms with van der Waals surface area (Å²) in [7, 11) is 0. The summed E-state index contributed by atoms with van der Waals surface area (Å²) in [5, 5.41) is 4.41. The molecule has 0 fully saturated rings. The van der Waals surface area contributed by atoms with Crippen LogP contribution in [0.3, 0.4) is 0 Å². The van der Waals surface area contributed by atoms with E-state index >= 15 is 0 Å². The summed E-state index contributed by atoms with van der Waals surface area (Å²) in [5.41, 5.74) is 1.84. The van der Waals surface area contributed by atoms with Crippen molar-refractivity contribution in [2.24, 2.45) is 0 Å². The molecule has 0 saturated heterocycles. The van der Waals surface area contributed by atoms with Crippen LogP contribution in [-0.4, -0.2) is 16.5 Å². The Bertz CT molecular complexity index is 673. The van der Waals surface area contributed by atoms with E-state index in [1.807, 2.05) is 36.4 Å². The quantitative estimate of drug-likeness (QED) is 0.720. The molecule has 0 aliphatic carbocycles. The zero-order chi connectivity index (χ0) is 13.8. The Labute approximate surface area is 117 Å². The predicted octanol–water partition coefficient (Wildman–Crippen LogP) is 3.39.